The fourth-order valence-electron chi connectivity index (χ4n) is 2.05. The van der Waals surface area contributed by atoms with Crippen LogP contribution >= 0.6 is 0 Å². The van der Waals surface area contributed by atoms with Crippen molar-refractivity contribution in [3.8, 4) is 6.07 Å². The standard InChI is InChI=1S/C13H15N3O2/c1-13(2)6-10(13)8-15-12-4-3-11(16(17)18)5-9(12)7-14/h3-5,10,15H,6,8H2,1-2H3. The van der Waals surface area contributed by atoms with Crippen LogP contribution < -0.4 is 5.32 Å². The second-order valence-corrected chi connectivity index (χ2v) is 5.37. The van der Waals surface area contributed by atoms with Gasteiger partial charge in [0.05, 0.1) is 16.2 Å². The number of nitriles is 1. The van der Waals surface area contributed by atoms with Gasteiger partial charge in [-0.2, -0.15) is 5.26 Å². The van der Waals surface area contributed by atoms with Gasteiger partial charge in [-0.05, 0) is 23.8 Å². The average molecular weight is 245 g/mol. The van der Waals surface area contributed by atoms with Gasteiger partial charge in [-0.1, -0.05) is 13.8 Å². The molecule has 0 spiro atoms. The van der Waals surface area contributed by atoms with Crippen molar-refractivity contribution in [3.63, 3.8) is 0 Å². The Balaban J connectivity index is 2.09. The van der Waals surface area contributed by atoms with Crippen LogP contribution in [0.3, 0.4) is 0 Å². The molecule has 0 radical (unpaired) electrons. The largest absolute Gasteiger partial charge is 0.384 e. The van der Waals surface area contributed by atoms with E-state index in [2.05, 4.69) is 19.2 Å². The predicted octanol–water partition coefficient (Wildman–Crippen LogP) is 2.92. The summed E-state index contributed by atoms with van der Waals surface area (Å²) in [5.74, 6) is 0.610. The smallest absolute Gasteiger partial charge is 0.270 e. The van der Waals surface area contributed by atoms with Crippen LogP contribution in [-0.2, 0) is 0 Å². The van der Waals surface area contributed by atoms with Crippen LogP contribution in [0.4, 0.5) is 11.4 Å². The van der Waals surface area contributed by atoms with Crippen LogP contribution in [0.1, 0.15) is 25.8 Å². The number of anilines is 1. The molecule has 1 saturated carbocycles. The molecule has 5 nitrogen and oxygen atoms in total. The van der Waals surface area contributed by atoms with Crippen LogP contribution in [0.2, 0.25) is 0 Å². The van der Waals surface area contributed by atoms with Crippen LogP contribution in [0, 0.1) is 32.8 Å². The van der Waals surface area contributed by atoms with E-state index >= 15 is 0 Å². The Bertz CT molecular complexity index is 532. The zero-order valence-corrected chi connectivity index (χ0v) is 10.4. The maximum Gasteiger partial charge on any atom is 0.270 e. The Morgan fingerprint density at radius 1 is 1.61 bits per heavy atom. The van der Waals surface area contributed by atoms with Gasteiger partial charge in [-0.3, -0.25) is 10.1 Å². The number of nitro groups is 1. The lowest BCUT2D eigenvalue weighted by Gasteiger charge is -2.09. The highest BCUT2D eigenvalue weighted by atomic mass is 16.6. The highest BCUT2D eigenvalue weighted by Gasteiger charge is 2.44. The van der Waals surface area contributed by atoms with E-state index in [1.807, 2.05) is 6.07 Å². The topological polar surface area (TPSA) is 79.0 Å². The Morgan fingerprint density at radius 3 is 2.78 bits per heavy atom. The molecule has 1 aromatic carbocycles. The highest BCUT2D eigenvalue weighted by Crippen LogP contribution is 2.51. The molecule has 0 bridgehead atoms. The van der Waals surface area contributed by atoms with Crippen LogP contribution in [0.5, 0.6) is 0 Å². The van der Waals surface area contributed by atoms with Crippen LogP contribution in [0.15, 0.2) is 18.2 Å². The van der Waals surface area contributed by atoms with E-state index in [-0.39, 0.29) is 5.69 Å². The average Bonchev–Trinajstić information content (AvgIpc) is 2.94. The van der Waals surface area contributed by atoms with Gasteiger partial charge in [0.1, 0.15) is 6.07 Å². The summed E-state index contributed by atoms with van der Waals surface area (Å²) in [5.41, 5.74) is 1.32. The van der Waals surface area contributed by atoms with Crippen molar-refractivity contribution < 1.29 is 4.92 Å². The number of nitrogens with zero attached hydrogens (tertiary/aromatic N) is 2. The summed E-state index contributed by atoms with van der Waals surface area (Å²) in [6.45, 7) is 5.22. The summed E-state index contributed by atoms with van der Waals surface area (Å²) < 4.78 is 0. The minimum absolute atomic E-state index is 0.0520. The second kappa shape index (κ2) is 4.30. The molecular formula is C13H15N3O2. The summed E-state index contributed by atoms with van der Waals surface area (Å²) >= 11 is 0. The van der Waals surface area contributed by atoms with E-state index in [1.54, 1.807) is 6.07 Å². The van der Waals surface area contributed by atoms with Gasteiger partial charge < -0.3 is 5.32 Å². The fourth-order valence-corrected chi connectivity index (χ4v) is 2.05. The van der Waals surface area contributed by atoms with Crippen LogP contribution in [0.25, 0.3) is 0 Å². The molecule has 1 aliphatic rings. The number of nitro benzene ring substituents is 1. The van der Waals surface area contributed by atoms with Gasteiger partial charge in [0.2, 0.25) is 0 Å². The first-order chi connectivity index (χ1) is 8.44. The third-order valence-corrected chi connectivity index (χ3v) is 3.59. The summed E-state index contributed by atoms with van der Waals surface area (Å²) in [4.78, 5) is 10.1. The minimum Gasteiger partial charge on any atom is -0.384 e. The van der Waals surface area contributed by atoms with Crippen molar-refractivity contribution in [1.82, 2.24) is 0 Å². The molecular weight excluding hydrogens is 230 g/mol. The molecule has 0 aliphatic heterocycles. The Hall–Kier alpha value is -2.09. The first-order valence-corrected chi connectivity index (χ1v) is 5.86. The molecule has 0 aromatic heterocycles. The van der Waals surface area contributed by atoms with Gasteiger partial charge >= 0.3 is 0 Å². The monoisotopic (exact) mass is 245 g/mol. The molecule has 94 valence electrons. The summed E-state index contributed by atoms with van der Waals surface area (Å²) in [6.07, 6.45) is 1.18. The summed E-state index contributed by atoms with van der Waals surface area (Å²) in [7, 11) is 0. The Morgan fingerprint density at radius 2 is 2.28 bits per heavy atom. The Kier molecular flexibility index (Phi) is 2.95. The summed E-state index contributed by atoms with van der Waals surface area (Å²) in [6, 6.07) is 6.32. The third-order valence-electron chi connectivity index (χ3n) is 3.59. The zero-order chi connectivity index (χ0) is 13.3. The highest BCUT2D eigenvalue weighted by molar-refractivity contribution is 5.61. The molecule has 1 unspecified atom stereocenters. The number of rotatable bonds is 4. The van der Waals surface area contributed by atoms with E-state index in [0.29, 0.717) is 22.6 Å². The van der Waals surface area contributed by atoms with Gasteiger partial charge in [0.25, 0.3) is 5.69 Å². The summed E-state index contributed by atoms with van der Waals surface area (Å²) in [5, 5.41) is 22.8. The van der Waals surface area contributed by atoms with Crippen molar-refractivity contribution in [2.75, 3.05) is 11.9 Å². The number of nitrogens with one attached hydrogen (secondary N) is 1. The van der Waals surface area contributed by atoms with Crippen molar-refractivity contribution >= 4 is 11.4 Å². The van der Waals surface area contributed by atoms with Gasteiger partial charge in [-0.25, -0.2) is 0 Å². The molecule has 5 heteroatoms. The molecule has 2 rings (SSSR count). The van der Waals surface area contributed by atoms with Gasteiger partial charge in [0.15, 0.2) is 0 Å². The SMILES string of the molecule is CC1(C)CC1CNc1ccc([N+](=O)[O-])cc1C#N. The first-order valence-electron chi connectivity index (χ1n) is 5.86. The molecule has 1 aliphatic carbocycles. The molecule has 1 atom stereocenters. The molecule has 1 fully saturated rings. The van der Waals surface area contributed by atoms with Crippen LogP contribution in [-0.4, -0.2) is 11.5 Å². The van der Waals surface area contributed by atoms with E-state index in [4.69, 9.17) is 5.26 Å². The molecule has 0 amide bonds. The molecule has 18 heavy (non-hydrogen) atoms. The van der Waals surface area contributed by atoms with Crippen molar-refractivity contribution in [2.45, 2.75) is 20.3 Å². The van der Waals surface area contributed by atoms with Crippen molar-refractivity contribution in [2.24, 2.45) is 11.3 Å². The Labute approximate surface area is 106 Å². The number of hydrogen-bond donors (Lipinski definition) is 1. The molecule has 1 N–H and O–H groups in total. The molecule has 0 heterocycles. The fraction of sp³-hybridized carbons (Fsp3) is 0.462. The van der Waals surface area contributed by atoms with E-state index in [9.17, 15) is 10.1 Å². The minimum atomic E-state index is -0.491. The van der Waals surface area contributed by atoms with E-state index in [1.165, 1.54) is 18.6 Å². The maximum absolute atomic E-state index is 10.6. The predicted molar refractivity (Wildman–Crippen MR) is 68.2 cm³/mol. The molecule has 0 saturated heterocycles. The zero-order valence-electron chi connectivity index (χ0n) is 10.4. The van der Waals surface area contributed by atoms with Gasteiger partial charge in [0, 0.05) is 18.7 Å². The lowest BCUT2D eigenvalue weighted by molar-refractivity contribution is -0.384. The lowest BCUT2D eigenvalue weighted by atomic mass is 10.1. The van der Waals surface area contributed by atoms with Gasteiger partial charge in [-0.15, -0.1) is 0 Å². The first kappa shape index (κ1) is 12.4. The van der Waals surface area contributed by atoms with Crippen molar-refractivity contribution in [1.29, 1.82) is 5.26 Å². The third kappa shape index (κ3) is 2.43. The second-order valence-electron chi connectivity index (χ2n) is 5.37. The number of benzene rings is 1. The number of non-ortho nitro benzene ring substituents is 1. The quantitative estimate of drug-likeness (QED) is 0.653. The maximum atomic E-state index is 10.6. The normalized spacial score (nSPS) is 19.9. The van der Waals surface area contributed by atoms with E-state index in [0.717, 1.165) is 6.54 Å². The van der Waals surface area contributed by atoms with E-state index < -0.39 is 4.92 Å². The number of hydrogen-bond acceptors (Lipinski definition) is 4. The lowest BCUT2D eigenvalue weighted by Crippen LogP contribution is -2.08. The van der Waals surface area contributed by atoms with Crippen molar-refractivity contribution in [3.05, 3.63) is 33.9 Å². The molecule has 1 aromatic rings.